The van der Waals surface area contributed by atoms with Crippen molar-refractivity contribution in [2.45, 2.75) is 38.3 Å². The molecule has 8 nitrogen and oxygen atoms in total. The molecule has 1 N–H and O–H groups in total. The lowest BCUT2D eigenvalue weighted by atomic mass is 9.57. The van der Waals surface area contributed by atoms with Crippen molar-refractivity contribution in [1.29, 1.82) is 0 Å². The molecule has 10 heteroatoms. The van der Waals surface area contributed by atoms with Crippen LogP contribution in [0.5, 0.6) is 0 Å². The average molecular weight is 409 g/mol. The number of halogens is 2. The molecule has 1 saturated carbocycles. The molecule has 3 aliphatic heterocycles. The number of alkyl halides is 2. The molecule has 0 aromatic carbocycles. The number of aryl methyl sites for hydroxylation is 1. The number of hydrogen-bond acceptors (Lipinski definition) is 4. The zero-order valence-corrected chi connectivity index (χ0v) is 16.4. The van der Waals surface area contributed by atoms with Gasteiger partial charge in [-0.25, -0.2) is 13.6 Å². The zero-order valence-electron chi connectivity index (χ0n) is 16.4. The normalized spacial score (nSPS) is 25.0. The lowest BCUT2D eigenvalue weighted by molar-refractivity contribution is -0.142. The molecule has 1 aliphatic carbocycles. The molecule has 0 radical (unpaired) electrons. The van der Waals surface area contributed by atoms with Gasteiger partial charge in [-0.15, -0.1) is 0 Å². The molecule has 4 heterocycles. The number of likely N-dealkylation sites (tertiary alicyclic amines) is 2. The van der Waals surface area contributed by atoms with Crippen LogP contribution in [0.4, 0.5) is 13.6 Å². The van der Waals surface area contributed by atoms with Gasteiger partial charge in [-0.2, -0.15) is 5.10 Å². The van der Waals surface area contributed by atoms with E-state index in [1.807, 2.05) is 4.90 Å². The van der Waals surface area contributed by atoms with Crippen LogP contribution in [0.25, 0.3) is 0 Å². The highest BCUT2D eigenvalue weighted by atomic mass is 19.3. The minimum absolute atomic E-state index is 0.00668. The second-order valence-electron chi connectivity index (χ2n) is 9.28. The molecule has 3 saturated heterocycles. The summed E-state index contributed by atoms with van der Waals surface area (Å²) in [6.07, 6.45) is -0.639. The maximum atomic E-state index is 13.1. The minimum Gasteiger partial charge on any atom is -0.369 e. The first-order chi connectivity index (χ1) is 13.8. The second kappa shape index (κ2) is 6.38. The largest absolute Gasteiger partial charge is 0.369 e. The summed E-state index contributed by atoms with van der Waals surface area (Å²) in [5.74, 6) is 0.195. The van der Waals surface area contributed by atoms with Crippen molar-refractivity contribution in [2.75, 3.05) is 39.4 Å². The van der Waals surface area contributed by atoms with Crippen molar-refractivity contribution in [3.8, 4) is 0 Å². The number of carbonyl (C=O) groups excluding carboxylic acids is 2. The van der Waals surface area contributed by atoms with E-state index in [0.717, 1.165) is 12.8 Å². The first-order valence-electron chi connectivity index (χ1n) is 10.0. The smallest absolute Gasteiger partial charge is 0.320 e. The third kappa shape index (κ3) is 3.17. The molecule has 29 heavy (non-hydrogen) atoms. The number of nitrogens with zero attached hydrogens (tertiary/aromatic N) is 4. The van der Waals surface area contributed by atoms with Crippen LogP contribution in [0.3, 0.4) is 0 Å². The Labute approximate surface area is 167 Å². The van der Waals surface area contributed by atoms with Crippen molar-refractivity contribution in [2.24, 2.45) is 11.3 Å². The quantitative estimate of drug-likeness (QED) is 0.813. The monoisotopic (exact) mass is 409 g/mol. The summed E-state index contributed by atoms with van der Waals surface area (Å²) in [7, 11) is 0. The van der Waals surface area contributed by atoms with Gasteiger partial charge in [0.2, 0.25) is 5.91 Å². The fraction of sp³-hybridized carbons (Fsp3) is 0.737. The van der Waals surface area contributed by atoms with E-state index in [-0.39, 0.29) is 29.7 Å². The molecule has 4 fully saturated rings. The predicted octanol–water partition coefficient (Wildman–Crippen LogP) is 1.16. The van der Waals surface area contributed by atoms with Crippen molar-refractivity contribution < 1.29 is 23.1 Å². The summed E-state index contributed by atoms with van der Waals surface area (Å²) in [6.45, 7) is 5.17. The molecule has 5 rings (SSSR count). The Bertz CT molecular complexity index is 837. The maximum absolute atomic E-state index is 13.1. The number of rotatable bonds is 3. The molecule has 3 amide bonds. The van der Waals surface area contributed by atoms with Crippen molar-refractivity contribution >= 4 is 11.9 Å². The predicted molar refractivity (Wildman–Crippen MR) is 97.3 cm³/mol. The van der Waals surface area contributed by atoms with Gasteiger partial charge in [0.05, 0.1) is 17.8 Å². The molecule has 0 atom stereocenters. The van der Waals surface area contributed by atoms with E-state index >= 15 is 0 Å². The van der Waals surface area contributed by atoms with E-state index in [0.29, 0.717) is 50.9 Å². The average Bonchev–Trinajstić information content (AvgIpc) is 2.93. The Morgan fingerprint density at radius 1 is 1.31 bits per heavy atom. The van der Waals surface area contributed by atoms with Gasteiger partial charge >= 0.3 is 6.03 Å². The second-order valence-corrected chi connectivity index (χ2v) is 9.28. The number of morpholine rings is 1. The molecule has 0 unspecified atom stereocenters. The van der Waals surface area contributed by atoms with Gasteiger partial charge in [0, 0.05) is 38.1 Å². The van der Waals surface area contributed by atoms with Crippen LogP contribution in [-0.4, -0.2) is 76.5 Å². The molecule has 1 aromatic rings. The first-order valence-corrected chi connectivity index (χ1v) is 10.0. The van der Waals surface area contributed by atoms with Crippen LogP contribution >= 0.6 is 0 Å². The van der Waals surface area contributed by atoms with Gasteiger partial charge in [-0.1, -0.05) is 0 Å². The maximum Gasteiger partial charge on any atom is 0.320 e. The number of hydrogen-bond donors (Lipinski definition) is 1. The van der Waals surface area contributed by atoms with Gasteiger partial charge in [0.1, 0.15) is 12.3 Å². The van der Waals surface area contributed by atoms with E-state index in [2.05, 4.69) is 10.4 Å². The molecule has 1 aromatic heterocycles. The molecular formula is C19H25F2N5O3. The van der Waals surface area contributed by atoms with Crippen LogP contribution < -0.4 is 5.32 Å². The number of amides is 3. The topological polar surface area (TPSA) is 79.7 Å². The van der Waals surface area contributed by atoms with Crippen LogP contribution in [-0.2, 0) is 16.1 Å². The fourth-order valence-electron chi connectivity index (χ4n) is 5.48. The van der Waals surface area contributed by atoms with E-state index < -0.39 is 12.0 Å². The summed E-state index contributed by atoms with van der Waals surface area (Å²) in [5, 5.41) is 7.14. The zero-order chi connectivity index (χ0) is 20.4. The SMILES string of the molecule is Cc1cc(C(F)F)n(CC2CC3(C2)CN(C(=O)N2CC4(COCC(=O)N4)C2)C3)n1. The van der Waals surface area contributed by atoms with Crippen LogP contribution in [0.15, 0.2) is 6.07 Å². The van der Waals surface area contributed by atoms with Gasteiger partial charge < -0.3 is 19.9 Å². The van der Waals surface area contributed by atoms with E-state index in [9.17, 15) is 18.4 Å². The Morgan fingerprint density at radius 2 is 2.00 bits per heavy atom. The first kappa shape index (κ1) is 18.8. The third-order valence-electron chi connectivity index (χ3n) is 6.63. The van der Waals surface area contributed by atoms with Gasteiger partial charge in [0.25, 0.3) is 6.43 Å². The van der Waals surface area contributed by atoms with Crippen molar-refractivity contribution in [3.63, 3.8) is 0 Å². The number of urea groups is 1. The highest BCUT2D eigenvalue weighted by Crippen LogP contribution is 2.53. The highest BCUT2D eigenvalue weighted by Gasteiger charge is 2.56. The van der Waals surface area contributed by atoms with Crippen LogP contribution in [0.1, 0.15) is 30.7 Å². The molecule has 2 spiro atoms. The number of carbonyl (C=O) groups is 2. The Kier molecular flexibility index (Phi) is 4.13. The number of nitrogens with one attached hydrogen (secondary N) is 1. The summed E-state index contributed by atoms with van der Waals surface area (Å²) >= 11 is 0. The van der Waals surface area contributed by atoms with Gasteiger partial charge in [-0.05, 0) is 31.7 Å². The fourth-order valence-corrected chi connectivity index (χ4v) is 5.48. The lowest BCUT2D eigenvalue weighted by Gasteiger charge is -2.61. The van der Waals surface area contributed by atoms with Gasteiger partial charge in [0.15, 0.2) is 0 Å². The van der Waals surface area contributed by atoms with Crippen LogP contribution in [0, 0.1) is 18.3 Å². The Hall–Kier alpha value is -2.23. The standard InChI is InChI=1S/C19H25F2N5O3/c1-12-2-14(16(20)21)26(23-12)5-13-3-18(4-13)7-24(8-18)17(28)25-9-19(10-25)11-29-6-15(27)22-19/h2,13,16H,3-11H2,1H3,(H,22,27). The molecular weight excluding hydrogens is 384 g/mol. The number of ether oxygens (including phenoxy) is 1. The Balaban J connectivity index is 1.09. The number of aromatic nitrogens is 2. The van der Waals surface area contributed by atoms with E-state index in [1.54, 1.807) is 11.8 Å². The van der Waals surface area contributed by atoms with Crippen LogP contribution in [0.2, 0.25) is 0 Å². The third-order valence-corrected chi connectivity index (χ3v) is 6.63. The molecule has 0 bridgehead atoms. The Morgan fingerprint density at radius 3 is 2.66 bits per heavy atom. The summed E-state index contributed by atoms with van der Waals surface area (Å²) < 4.78 is 33.0. The van der Waals surface area contributed by atoms with E-state index in [4.69, 9.17) is 4.74 Å². The van der Waals surface area contributed by atoms with E-state index in [1.165, 1.54) is 10.7 Å². The summed E-state index contributed by atoms with van der Waals surface area (Å²) in [4.78, 5) is 27.7. The highest BCUT2D eigenvalue weighted by molar-refractivity contribution is 5.81. The summed E-state index contributed by atoms with van der Waals surface area (Å²) in [6, 6.07) is 1.45. The van der Waals surface area contributed by atoms with Crippen molar-refractivity contribution in [1.82, 2.24) is 24.9 Å². The molecule has 4 aliphatic rings. The minimum atomic E-state index is -2.51. The summed E-state index contributed by atoms with van der Waals surface area (Å²) in [5.41, 5.74) is 0.318. The van der Waals surface area contributed by atoms with Crippen molar-refractivity contribution in [3.05, 3.63) is 17.5 Å². The lowest BCUT2D eigenvalue weighted by Crippen LogP contribution is -2.78. The molecule has 158 valence electrons. The van der Waals surface area contributed by atoms with Gasteiger partial charge in [-0.3, -0.25) is 9.48 Å².